The van der Waals surface area contributed by atoms with Crippen molar-refractivity contribution < 1.29 is 46.4 Å². The molecule has 0 spiro atoms. The molecule has 2 aromatic carbocycles. The summed E-state index contributed by atoms with van der Waals surface area (Å²) < 4.78 is 109. The molecule has 4 rings (SSSR count). The number of carbonyl (C=O) groups is 2. The van der Waals surface area contributed by atoms with Crippen LogP contribution in [0.2, 0.25) is 0 Å². The first-order chi connectivity index (χ1) is 21.2. The molecule has 3 aromatic rings. The number of likely N-dealkylation sites (N-methyl/N-ethyl adjacent to an activating group) is 1. The molecule has 1 aromatic heterocycles. The summed E-state index contributed by atoms with van der Waals surface area (Å²) in [6.45, 7) is 3.78. The van der Waals surface area contributed by atoms with Gasteiger partial charge >= 0.3 is 18.3 Å². The summed E-state index contributed by atoms with van der Waals surface area (Å²) >= 11 is 0. The van der Waals surface area contributed by atoms with Crippen molar-refractivity contribution in [3.63, 3.8) is 0 Å². The van der Waals surface area contributed by atoms with Crippen LogP contribution in [-0.4, -0.2) is 36.6 Å². The molecule has 1 saturated heterocycles. The Morgan fingerprint density at radius 1 is 1.00 bits per heavy atom. The van der Waals surface area contributed by atoms with Crippen molar-refractivity contribution in [3.8, 4) is 11.1 Å². The number of esters is 1. The van der Waals surface area contributed by atoms with Gasteiger partial charge in [0.25, 0.3) is 0 Å². The van der Waals surface area contributed by atoms with E-state index in [9.17, 15) is 40.3 Å². The third-order valence-electron chi connectivity index (χ3n) is 8.14. The predicted molar refractivity (Wildman–Crippen MR) is 153 cm³/mol. The van der Waals surface area contributed by atoms with E-state index >= 15 is 0 Å². The summed E-state index contributed by atoms with van der Waals surface area (Å²) in [5.41, 5.74) is -4.84. The second-order valence-corrected chi connectivity index (χ2v) is 11.7. The standard InChI is InChI=1S/C32H32F7N3O3/c1-17-11-21(33)7-8-22(17)23-15-25(24-9-10-30(4,41-24)28(44)45-6)40-16-26(23)42(5)27(43)29(2,3)18-12-19(31(34,35)36)14-20(13-18)32(37,38)39/h7-8,11-16,24,41H,9-10H2,1-6H3/t24-,30-/m0/s1/i4D. The normalized spacial score (nSPS) is 19.3. The molecule has 0 unspecified atom stereocenters. The number of benzene rings is 2. The van der Waals surface area contributed by atoms with Crippen LogP contribution < -0.4 is 10.2 Å². The van der Waals surface area contributed by atoms with Crippen molar-refractivity contribution in [2.75, 3.05) is 19.1 Å². The monoisotopic (exact) mass is 640 g/mol. The number of nitrogens with zero attached hydrogens (tertiary/aromatic N) is 2. The van der Waals surface area contributed by atoms with E-state index in [2.05, 4.69) is 10.3 Å². The first kappa shape index (κ1) is 32.4. The maximum Gasteiger partial charge on any atom is 0.416 e. The van der Waals surface area contributed by atoms with Crippen LogP contribution in [0, 0.1) is 12.7 Å². The highest BCUT2D eigenvalue weighted by atomic mass is 19.4. The Hall–Kier alpha value is -4.00. The molecule has 13 heteroatoms. The van der Waals surface area contributed by atoms with Gasteiger partial charge in [-0.15, -0.1) is 0 Å². The van der Waals surface area contributed by atoms with E-state index in [1.54, 1.807) is 13.0 Å². The lowest BCUT2D eigenvalue weighted by Gasteiger charge is -2.32. The zero-order chi connectivity index (χ0) is 34.4. The maximum atomic E-state index is 14.1. The summed E-state index contributed by atoms with van der Waals surface area (Å²) in [5, 5.41) is 3.13. The third kappa shape index (κ3) is 6.68. The van der Waals surface area contributed by atoms with E-state index in [1.165, 1.54) is 52.4 Å². The number of carbonyl (C=O) groups excluding carboxylic acids is 2. The molecule has 6 nitrogen and oxygen atoms in total. The van der Waals surface area contributed by atoms with E-state index in [0.717, 1.165) is 4.90 Å². The van der Waals surface area contributed by atoms with Gasteiger partial charge in [-0.1, -0.05) is 6.07 Å². The van der Waals surface area contributed by atoms with Gasteiger partial charge in [0.05, 0.1) is 47.3 Å². The zero-order valence-electron chi connectivity index (χ0n) is 26.1. The number of hydrogen-bond acceptors (Lipinski definition) is 5. The lowest BCUT2D eigenvalue weighted by molar-refractivity contribution is -0.147. The molecule has 1 amide bonds. The maximum absolute atomic E-state index is 14.1. The van der Waals surface area contributed by atoms with Crippen LogP contribution in [-0.2, 0) is 32.1 Å². The van der Waals surface area contributed by atoms with Crippen molar-refractivity contribution in [3.05, 3.63) is 82.4 Å². The van der Waals surface area contributed by atoms with Gasteiger partial charge in [0.2, 0.25) is 5.91 Å². The van der Waals surface area contributed by atoms with E-state index in [-0.39, 0.29) is 25.1 Å². The number of anilines is 1. The van der Waals surface area contributed by atoms with Gasteiger partial charge in [0.1, 0.15) is 11.4 Å². The Balaban J connectivity index is 1.82. The molecule has 45 heavy (non-hydrogen) atoms. The number of hydrogen-bond donors (Lipinski definition) is 1. The van der Waals surface area contributed by atoms with Crippen LogP contribution in [0.15, 0.2) is 48.7 Å². The average molecular weight is 641 g/mol. The molecule has 1 fully saturated rings. The van der Waals surface area contributed by atoms with Crippen LogP contribution in [0.4, 0.5) is 36.4 Å². The number of nitrogens with one attached hydrogen (secondary N) is 1. The predicted octanol–water partition coefficient (Wildman–Crippen LogP) is 7.53. The van der Waals surface area contributed by atoms with E-state index in [0.29, 0.717) is 40.9 Å². The second kappa shape index (κ2) is 11.7. The Morgan fingerprint density at radius 3 is 2.13 bits per heavy atom. The van der Waals surface area contributed by atoms with Crippen molar-refractivity contribution >= 4 is 17.6 Å². The highest BCUT2D eigenvalue weighted by Gasteiger charge is 2.44. The first-order valence-electron chi connectivity index (χ1n) is 14.5. The van der Waals surface area contributed by atoms with Gasteiger partial charge in [-0.3, -0.25) is 19.9 Å². The SMILES string of the molecule is [2H]C[C@@]1(C(=O)OC)CC[C@@H](c2cc(-c3ccc(F)cc3C)c(N(C)C(=O)C(C)(C)c3cc(C(F)(F)F)cc(C(F)(F)F)c3)cn2)N1. The second-order valence-electron chi connectivity index (χ2n) is 11.7. The fourth-order valence-electron chi connectivity index (χ4n) is 5.48. The zero-order valence-corrected chi connectivity index (χ0v) is 25.1. The molecule has 2 atom stereocenters. The van der Waals surface area contributed by atoms with Crippen LogP contribution in [0.1, 0.15) is 68.9 Å². The highest BCUT2D eigenvalue weighted by Crippen LogP contribution is 2.42. The smallest absolute Gasteiger partial charge is 0.416 e. The van der Waals surface area contributed by atoms with E-state index in [4.69, 9.17) is 6.11 Å². The first-order valence-corrected chi connectivity index (χ1v) is 13.7. The van der Waals surface area contributed by atoms with E-state index in [1.807, 2.05) is 0 Å². The fourth-order valence-corrected chi connectivity index (χ4v) is 5.48. The number of amides is 1. The minimum atomic E-state index is -5.10. The van der Waals surface area contributed by atoms with Crippen LogP contribution in [0.5, 0.6) is 0 Å². The van der Waals surface area contributed by atoms with Crippen molar-refractivity contribution in [2.24, 2.45) is 0 Å². The number of rotatable bonds is 6. The van der Waals surface area contributed by atoms with E-state index < -0.39 is 63.7 Å². The van der Waals surface area contributed by atoms with Crippen LogP contribution >= 0.6 is 0 Å². The van der Waals surface area contributed by atoms with Gasteiger partial charge in [-0.25, -0.2) is 4.39 Å². The Bertz CT molecular complexity index is 1630. The number of aryl methyl sites for hydroxylation is 1. The topological polar surface area (TPSA) is 71.5 Å². The third-order valence-corrected chi connectivity index (χ3v) is 8.14. The molecule has 1 aliphatic heterocycles. The van der Waals surface area contributed by atoms with Crippen molar-refractivity contribution in [2.45, 2.75) is 69.9 Å². The lowest BCUT2D eigenvalue weighted by atomic mass is 9.81. The molecule has 242 valence electrons. The van der Waals surface area contributed by atoms with Gasteiger partial charge in [0, 0.05) is 14.0 Å². The van der Waals surface area contributed by atoms with Crippen molar-refractivity contribution in [1.82, 2.24) is 10.3 Å². The molecule has 2 heterocycles. The molecular weight excluding hydrogens is 607 g/mol. The number of pyridine rings is 1. The van der Waals surface area contributed by atoms with Crippen LogP contribution in [0.25, 0.3) is 11.1 Å². The van der Waals surface area contributed by atoms with Gasteiger partial charge in [-0.05, 0) is 93.6 Å². The Kier molecular flexibility index (Phi) is 8.45. The largest absolute Gasteiger partial charge is 0.468 e. The number of aromatic nitrogens is 1. The molecule has 0 saturated carbocycles. The average Bonchev–Trinajstić information content (AvgIpc) is 3.44. The number of alkyl halides is 6. The number of ether oxygens (including phenoxy) is 1. The number of methoxy groups -OCH3 is 1. The molecule has 1 aliphatic rings. The lowest BCUT2D eigenvalue weighted by Crippen LogP contribution is -2.46. The quantitative estimate of drug-likeness (QED) is 0.223. The van der Waals surface area contributed by atoms with Crippen molar-refractivity contribution in [1.29, 1.82) is 0 Å². The summed E-state index contributed by atoms with van der Waals surface area (Å²) in [7, 11) is 2.53. The summed E-state index contributed by atoms with van der Waals surface area (Å²) in [6.07, 6.45) is -8.19. The van der Waals surface area contributed by atoms with Gasteiger partial charge < -0.3 is 9.64 Å². The van der Waals surface area contributed by atoms with Gasteiger partial charge in [0.15, 0.2) is 0 Å². The molecule has 0 bridgehead atoms. The summed E-state index contributed by atoms with van der Waals surface area (Å²) in [6, 6.07) is 6.10. The molecule has 0 radical (unpaired) electrons. The fraction of sp³-hybridized carbons (Fsp3) is 0.406. The summed E-state index contributed by atoms with van der Waals surface area (Å²) in [5.74, 6) is -1.97. The highest BCUT2D eigenvalue weighted by molar-refractivity contribution is 6.03. The number of halogens is 7. The minimum absolute atomic E-state index is 0.00149. The molecular formula is C32H32F7N3O3. The minimum Gasteiger partial charge on any atom is -0.468 e. The Morgan fingerprint density at radius 2 is 1.60 bits per heavy atom. The van der Waals surface area contributed by atoms with Gasteiger partial charge in [-0.2, -0.15) is 26.3 Å². The molecule has 0 aliphatic carbocycles. The van der Waals surface area contributed by atoms with Crippen LogP contribution in [0.3, 0.4) is 0 Å². The summed E-state index contributed by atoms with van der Waals surface area (Å²) in [4.78, 5) is 32.0. The molecule has 1 N–H and O–H groups in total. The Labute approximate surface area is 257 Å².